The van der Waals surface area contributed by atoms with E-state index in [1.54, 1.807) is 7.05 Å². The number of thiazole rings is 1. The van der Waals surface area contributed by atoms with Gasteiger partial charge in [-0.15, -0.1) is 24.5 Å². The van der Waals surface area contributed by atoms with E-state index in [0.717, 1.165) is 29.8 Å². The second kappa shape index (κ2) is 11.1. The maximum absolute atomic E-state index is 12.6. The Morgan fingerprint density at radius 1 is 1.30 bits per heavy atom. The Hall–Kier alpha value is -1.87. The van der Waals surface area contributed by atoms with Gasteiger partial charge in [-0.2, -0.15) is 13.2 Å². The van der Waals surface area contributed by atoms with Crippen LogP contribution in [0, 0.1) is 5.92 Å². The third-order valence-electron chi connectivity index (χ3n) is 3.92. The fourth-order valence-electron chi connectivity index (χ4n) is 2.57. The van der Waals surface area contributed by atoms with Crippen LogP contribution < -0.4 is 10.6 Å². The first-order chi connectivity index (χ1) is 12.7. The number of alkyl halides is 3. The molecule has 0 saturated heterocycles. The molecule has 152 valence electrons. The minimum atomic E-state index is -4.42. The molecule has 1 atom stereocenters. The summed E-state index contributed by atoms with van der Waals surface area (Å²) < 4.78 is 37.9. The lowest BCUT2D eigenvalue weighted by molar-refractivity contribution is -0.140. The van der Waals surface area contributed by atoms with Gasteiger partial charge in [0.2, 0.25) is 0 Å². The molecule has 9 heteroatoms. The number of aromatic nitrogens is 1. The van der Waals surface area contributed by atoms with Crippen LogP contribution in [-0.2, 0) is 12.7 Å². The lowest BCUT2D eigenvalue weighted by Gasteiger charge is -2.33. The highest BCUT2D eigenvalue weighted by atomic mass is 32.1. The maximum atomic E-state index is 12.6. The quantitative estimate of drug-likeness (QED) is 0.357. The minimum Gasteiger partial charge on any atom is -0.355 e. The van der Waals surface area contributed by atoms with E-state index in [0.29, 0.717) is 23.4 Å². The maximum Gasteiger partial charge on any atom is 0.434 e. The molecule has 0 spiro atoms. The van der Waals surface area contributed by atoms with Crippen molar-refractivity contribution in [2.75, 3.05) is 26.7 Å². The fraction of sp³-hybridized carbons (Fsp3) is 0.556. The second-order valence-corrected chi connectivity index (χ2v) is 7.22. The van der Waals surface area contributed by atoms with Crippen LogP contribution in [0.4, 0.5) is 13.2 Å². The van der Waals surface area contributed by atoms with Crippen molar-refractivity contribution in [3.05, 3.63) is 41.4 Å². The van der Waals surface area contributed by atoms with Gasteiger partial charge in [-0.3, -0.25) is 9.89 Å². The molecule has 0 aliphatic heterocycles. The Labute approximate surface area is 163 Å². The highest BCUT2D eigenvalue weighted by molar-refractivity contribution is 7.09. The highest BCUT2D eigenvalue weighted by Crippen LogP contribution is 2.29. The average Bonchev–Trinajstić information content (AvgIpc) is 3.07. The van der Waals surface area contributed by atoms with Gasteiger partial charge in [-0.05, 0) is 5.92 Å². The van der Waals surface area contributed by atoms with Crippen molar-refractivity contribution in [2.24, 2.45) is 10.9 Å². The van der Waals surface area contributed by atoms with Crippen molar-refractivity contribution in [1.29, 1.82) is 0 Å². The van der Waals surface area contributed by atoms with Gasteiger partial charge in [0.1, 0.15) is 5.01 Å². The van der Waals surface area contributed by atoms with Crippen molar-refractivity contribution >= 4 is 17.3 Å². The molecule has 0 fully saturated rings. The van der Waals surface area contributed by atoms with E-state index < -0.39 is 11.9 Å². The fourth-order valence-corrected chi connectivity index (χ4v) is 3.31. The van der Waals surface area contributed by atoms with Crippen LogP contribution in [0.2, 0.25) is 0 Å². The molecular formula is C18H28F3N5S. The lowest BCUT2D eigenvalue weighted by atomic mass is 10.0. The van der Waals surface area contributed by atoms with E-state index in [4.69, 9.17) is 0 Å². The van der Waals surface area contributed by atoms with Crippen LogP contribution >= 0.6 is 11.3 Å². The summed E-state index contributed by atoms with van der Waals surface area (Å²) in [4.78, 5) is 9.99. The van der Waals surface area contributed by atoms with E-state index in [-0.39, 0.29) is 12.6 Å². The van der Waals surface area contributed by atoms with E-state index in [9.17, 15) is 13.2 Å². The number of hydrogen-bond donors (Lipinski definition) is 2. The van der Waals surface area contributed by atoms with Crippen LogP contribution in [-0.4, -0.2) is 48.6 Å². The number of rotatable bonds is 10. The predicted molar refractivity (Wildman–Crippen MR) is 106 cm³/mol. The molecule has 0 amide bonds. The van der Waals surface area contributed by atoms with Gasteiger partial charge in [0.15, 0.2) is 11.7 Å². The zero-order valence-corrected chi connectivity index (χ0v) is 16.8. The molecule has 27 heavy (non-hydrogen) atoms. The summed E-state index contributed by atoms with van der Waals surface area (Å²) in [5.74, 6) is 0.894. The SMILES string of the molecule is C=CCN(CC=C)C(CNC(=NC)NCc1nc(C(F)(F)F)cs1)C(C)C. The predicted octanol–water partition coefficient (Wildman–Crippen LogP) is 3.53. The van der Waals surface area contributed by atoms with Gasteiger partial charge < -0.3 is 10.6 Å². The molecule has 1 aromatic heterocycles. The van der Waals surface area contributed by atoms with Crippen LogP contribution in [0.15, 0.2) is 35.7 Å². The number of guanidine groups is 1. The normalized spacial score (nSPS) is 13.7. The Bertz CT molecular complexity index is 615. The Balaban J connectivity index is 2.64. The Morgan fingerprint density at radius 3 is 2.37 bits per heavy atom. The van der Waals surface area contributed by atoms with Gasteiger partial charge in [-0.25, -0.2) is 4.98 Å². The van der Waals surface area contributed by atoms with E-state index in [1.807, 2.05) is 12.2 Å². The van der Waals surface area contributed by atoms with Crippen molar-refractivity contribution < 1.29 is 13.2 Å². The van der Waals surface area contributed by atoms with E-state index in [2.05, 4.69) is 52.5 Å². The Kier molecular flexibility index (Phi) is 9.51. The lowest BCUT2D eigenvalue weighted by Crippen LogP contribution is -2.49. The average molecular weight is 404 g/mol. The summed E-state index contributed by atoms with van der Waals surface area (Å²) in [6, 6.07) is 0.219. The smallest absolute Gasteiger partial charge is 0.355 e. The van der Waals surface area contributed by atoms with E-state index >= 15 is 0 Å². The molecule has 0 aliphatic rings. The number of aliphatic imine (C=N–C) groups is 1. The molecule has 1 unspecified atom stereocenters. The van der Waals surface area contributed by atoms with Gasteiger partial charge in [-0.1, -0.05) is 26.0 Å². The molecule has 2 N–H and O–H groups in total. The first-order valence-corrected chi connectivity index (χ1v) is 9.52. The van der Waals surface area contributed by atoms with Crippen molar-refractivity contribution in [3.63, 3.8) is 0 Å². The monoisotopic (exact) mass is 403 g/mol. The van der Waals surface area contributed by atoms with Gasteiger partial charge >= 0.3 is 6.18 Å². The van der Waals surface area contributed by atoms with Gasteiger partial charge in [0, 0.05) is 38.1 Å². The highest BCUT2D eigenvalue weighted by Gasteiger charge is 2.33. The van der Waals surface area contributed by atoms with Crippen LogP contribution in [0.5, 0.6) is 0 Å². The third kappa shape index (κ3) is 7.72. The van der Waals surface area contributed by atoms with Gasteiger partial charge in [0.25, 0.3) is 0 Å². The molecular weight excluding hydrogens is 375 g/mol. The standard InChI is InChI=1S/C18H28F3N5S/c1-6-8-26(9-7-2)14(13(3)4)10-23-17(22-5)24-11-16-25-15(12-27-16)18(19,20)21/h6-7,12-14H,1-2,8-11H2,3-5H3,(H2,22,23,24). The number of nitrogens with zero attached hydrogens (tertiary/aromatic N) is 3. The summed E-state index contributed by atoms with van der Waals surface area (Å²) in [5.41, 5.74) is -0.864. The summed E-state index contributed by atoms with van der Waals surface area (Å²) >= 11 is 0.969. The molecule has 0 aromatic carbocycles. The molecule has 5 nitrogen and oxygen atoms in total. The van der Waals surface area contributed by atoms with Gasteiger partial charge in [0.05, 0.1) is 6.54 Å². The second-order valence-electron chi connectivity index (χ2n) is 6.27. The van der Waals surface area contributed by atoms with Crippen molar-refractivity contribution in [2.45, 2.75) is 32.6 Å². The number of halogens is 3. The molecule has 0 saturated carbocycles. The summed E-state index contributed by atoms with van der Waals surface area (Å²) in [6.45, 7) is 14.2. The summed E-state index contributed by atoms with van der Waals surface area (Å²) in [7, 11) is 1.62. The van der Waals surface area contributed by atoms with Crippen LogP contribution in [0.1, 0.15) is 24.5 Å². The first kappa shape index (κ1) is 23.2. The summed E-state index contributed by atoms with van der Waals surface area (Å²) in [5, 5.41) is 7.62. The zero-order valence-electron chi connectivity index (χ0n) is 16.0. The third-order valence-corrected chi connectivity index (χ3v) is 4.77. The largest absolute Gasteiger partial charge is 0.434 e. The molecule has 0 radical (unpaired) electrons. The molecule has 0 aliphatic carbocycles. The van der Waals surface area contributed by atoms with Crippen LogP contribution in [0.3, 0.4) is 0 Å². The minimum absolute atomic E-state index is 0.176. The summed E-state index contributed by atoms with van der Waals surface area (Å²) in [6.07, 6.45) is -0.710. The number of hydrogen-bond acceptors (Lipinski definition) is 4. The first-order valence-electron chi connectivity index (χ1n) is 8.64. The van der Waals surface area contributed by atoms with Crippen LogP contribution in [0.25, 0.3) is 0 Å². The molecule has 0 bridgehead atoms. The molecule has 1 heterocycles. The van der Waals surface area contributed by atoms with Crippen molar-refractivity contribution in [3.8, 4) is 0 Å². The van der Waals surface area contributed by atoms with Crippen molar-refractivity contribution in [1.82, 2.24) is 20.5 Å². The van der Waals surface area contributed by atoms with E-state index in [1.165, 1.54) is 0 Å². The zero-order chi connectivity index (χ0) is 20.4. The Morgan fingerprint density at radius 2 is 1.93 bits per heavy atom. The molecule has 1 aromatic rings. The topological polar surface area (TPSA) is 52.5 Å². The number of nitrogens with one attached hydrogen (secondary N) is 2. The molecule has 1 rings (SSSR count).